The zero-order valence-electron chi connectivity index (χ0n) is 15.9. The summed E-state index contributed by atoms with van der Waals surface area (Å²) >= 11 is 6.01. The first kappa shape index (κ1) is 19.5. The number of halogens is 1. The number of nitrogens with one attached hydrogen (secondary N) is 1. The molecule has 1 amide bonds. The zero-order valence-corrected chi connectivity index (χ0v) is 16.6. The van der Waals surface area contributed by atoms with Gasteiger partial charge in [-0.3, -0.25) is 4.79 Å². The molecule has 27 heavy (non-hydrogen) atoms. The van der Waals surface area contributed by atoms with Gasteiger partial charge >= 0.3 is 0 Å². The van der Waals surface area contributed by atoms with Crippen molar-refractivity contribution in [2.24, 2.45) is 0 Å². The van der Waals surface area contributed by atoms with Crippen LogP contribution in [0.3, 0.4) is 0 Å². The molecule has 1 unspecified atom stereocenters. The predicted octanol–water partition coefficient (Wildman–Crippen LogP) is 4.12. The molecular weight excluding hydrogens is 362 g/mol. The highest BCUT2D eigenvalue weighted by molar-refractivity contribution is 6.31. The number of carbonyl (C=O) groups excluding carboxylic acids is 1. The van der Waals surface area contributed by atoms with Crippen LogP contribution in [0.2, 0.25) is 5.02 Å². The summed E-state index contributed by atoms with van der Waals surface area (Å²) in [6.45, 7) is 6.21. The molecule has 1 N–H and O–H groups in total. The number of aryl methyl sites for hydroxylation is 1. The van der Waals surface area contributed by atoms with Crippen LogP contribution in [0.25, 0.3) is 0 Å². The Morgan fingerprint density at radius 2 is 2.04 bits per heavy atom. The Bertz CT molecular complexity index is 773. The fraction of sp³-hybridized carbons (Fsp3) is 0.429. The van der Waals surface area contributed by atoms with Gasteiger partial charge in [0.2, 0.25) is 0 Å². The number of rotatable bonds is 6. The van der Waals surface area contributed by atoms with Crippen LogP contribution in [0, 0.1) is 6.92 Å². The number of benzene rings is 1. The van der Waals surface area contributed by atoms with E-state index < -0.39 is 6.10 Å². The summed E-state index contributed by atoms with van der Waals surface area (Å²) in [5, 5.41) is 3.58. The molecule has 5 nitrogen and oxygen atoms in total. The Balaban J connectivity index is 1.49. The van der Waals surface area contributed by atoms with Crippen molar-refractivity contribution in [1.82, 2.24) is 10.3 Å². The van der Waals surface area contributed by atoms with Crippen molar-refractivity contribution >= 4 is 23.3 Å². The maximum atomic E-state index is 12.3. The number of aromatic nitrogens is 1. The fourth-order valence-electron chi connectivity index (χ4n) is 3.11. The van der Waals surface area contributed by atoms with E-state index in [1.165, 1.54) is 19.3 Å². The Morgan fingerprint density at radius 1 is 1.26 bits per heavy atom. The number of nitrogens with zero attached hydrogens (tertiary/aromatic N) is 2. The van der Waals surface area contributed by atoms with Gasteiger partial charge in [0.15, 0.2) is 6.10 Å². The van der Waals surface area contributed by atoms with E-state index in [-0.39, 0.29) is 5.91 Å². The molecule has 0 aliphatic carbocycles. The second kappa shape index (κ2) is 9.09. The number of anilines is 1. The summed E-state index contributed by atoms with van der Waals surface area (Å²) in [6.07, 6.45) is 5.00. The molecule has 1 aromatic carbocycles. The normalized spacial score (nSPS) is 15.3. The second-order valence-corrected chi connectivity index (χ2v) is 7.37. The van der Waals surface area contributed by atoms with E-state index in [1.54, 1.807) is 19.1 Å². The third-order valence-corrected chi connectivity index (χ3v) is 5.19. The number of hydrogen-bond acceptors (Lipinski definition) is 4. The van der Waals surface area contributed by atoms with Crippen LogP contribution in [0.4, 0.5) is 5.82 Å². The highest BCUT2D eigenvalue weighted by Crippen LogP contribution is 2.22. The summed E-state index contributed by atoms with van der Waals surface area (Å²) in [6, 6.07) is 9.42. The van der Waals surface area contributed by atoms with E-state index in [2.05, 4.69) is 15.2 Å². The summed E-state index contributed by atoms with van der Waals surface area (Å²) in [4.78, 5) is 19.2. The van der Waals surface area contributed by atoms with E-state index in [9.17, 15) is 4.79 Å². The van der Waals surface area contributed by atoms with Crippen LogP contribution in [0.5, 0.6) is 5.75 Å². The van der Waals surface area contributed by atoms with Crippen molar-refractivity contribution in [2.75, 3.05) is 18.0 Å². The maximum Gasteiger partial charge on any atom is 0.261 e. The molecule has 6 heteroatoms. The van der Waals surface area contributed by atoms with Crippen LogP contribution in [-0.4, -0.2) is 30.1 Å². The van der Waals surface area contributed by atoms with Crippen molar-refractivity contribution in [3.63, 3.8) is 0 Å². The van der Waals surface area contributed by atoms with Gasteiger partial charge in [-0.25, -0.2) is 4.98 Å². The lowest BCUT2D eigenvalue weighted by molar-refractivity contribution is -0.127. The Labute approximate surface area is 165 Å². The number of ether oxygens (including phenoxy) is 1. The quantitative estimate of drug-likeness (QED) is 0.810. The van der Waals surface area contributed by atoms with Crippen molar-refractivity contribution in [3.8, 4) is 5.75 Å². The van der Waals surface area contributed by atoms with Gasteiger partial charge in [-0.15, -0.1) is 0 Å². The van der Waals surface area contributed by atoms with Crippen LogP contribution < -0.4 is 15.0 Å². The van der Waals surface area contributed by atoms with Crippen LogP contribution in [-0.2, 0) is 11.3 Å². The van der Waals surface area contributed by atoms with Gasteiger partial charge in [-0.05, 0) is 68.5 Å². The highest BCUT2D eigenvalue weighted by atomic mass is 35.5. The molecule has 144 valence electrons. The molecule has 1 aliphatic heterocycles. The van der Waals surface area contributed by atoms with Gasteiger partial charge in [0.25, 0.3) is 5.91 Å². The summed E-state index contributed by atoms with van der Waals surface area (Å²) in [5.74, 6) is 1.48. The van der Waals surface area contributed by atoms with Crippen molar-refractivity contribution in [3.05, 3.63) is 52.7 Å². The van der Waals surface area contributed by atoms with Gasteiger partial charge in [-0.1, -0.05) is 17.7 Å². The number of hydrogen-bond donors (Lipinski definition) is 1. The molecule has 1 aliphatic rings. The molecule has 1 fully saturated rings. The highest BCUT2D eigenvalue weighted by Gasteiger charge is 2.15. The SMILES string of the molecule is Cc1cc(OC(C)C(=O)NCc2ccc(N3CCCCC3)nc2)ccc1Cl. The Hall–Kier alpha value is -2.27. The van der Waals surface area contributed by atoms with Crippen molar-refractivity contribution < 1.29 is 9.53 Å². The Kier molecular flexibility index (Phi) is 6.56. The molecule has 1 saturated heterocycles. The molecule has 2 aromatic rings. The molecule has 0 radical (unpaired) electrons. The summed E-state index contributed by atoms with van der Waals surface area (Å²) in [5.41, 5.74) is 1.89. The monoisotopic (exact) mass is 387 g/mol. The molecule has 1 atom stereocenters. The van der Waals surface area contributed by atoms with Gasteiger partial charge in [0.05, 0.1) is 0 Å². The summed E-state index contributed by atoms with van der Waals surface area (Å²) in [7, 11) is 0. The lowest BCUT2D eigenvalue weighted by atomic mass is 10.1. The average Bonchev–Trinajstić information content (AvgIpc) is 2.70. The topological polar surface area (TPSA) is 54.5 Å². The fourth-order valence-corrected chi connectivity index (χ4v) is 3.23. The van der Waals surface area contributed by atoms with E-state index >= 15 is 0 Å². The van der Waals surface area contributed by atoms with Crippen LogP contribution in [0.15, 0.2) is 36.5 Å². The molecule has 0 spiro atoms. The molecule has 3 rings (SSSR count). The lowest BCUT2D eigenvalue weighted by Gasteiger charge is -2.27. The number of pyridine rings is 1. The lowest BCUT2D eigenvalue weighted by Crippen LogP contribution is -2.36. The minimum atomic E-state index is -0.592. The smallest absolute Gasteiger partial charge is 0.261 e. The molecule has 0 bridgehead atoms. The van der Waals surface area contributed by atoms with Crippen LogP contribution in [0.1, 0.15) is 37.3 Å². The summed E-state index contributed by atoms with van der Waals surface area (Å²) < 4.78 is 5.71. The van der Waals surface area contributed by atoms with E-state index in [1.807, 2.05) is 31.3 Å². The van der Waals surface area contributed by atoms with Crippen LogP contribution >= 0.6 is 11.6 Å². The molecule has 2 heterocycles. The third-order valence-electron chi connectivity index (χ3n) is 4.77. The first-order chi connectivity index (χ1) is 13.0. The Morgan fingerprint density at radius 3 is 2.70 bits per heavy atom. The van der Waals surface area contributed by atoms with Crippen molar-refractivity contribution in [2.45, 2.75) is 45.8 Å². The number of carbonyl (C=O) groups is 1. The first-order valence-corrected chi connectivity index (χ1v) is 9.81. The van der Waals surface area contributed by atoms with Gasteiger partial charge in [0.1, 0.15) is 11.6 Å². The average molecular weight is 388 g/mol. The predicted molar refractivity (Wildman–Crippen MR) is 108 cm³/mol. The first-order valence-electron chi connectivity index (χ1n) is 9.43. The maximum absolute atomic E-state index is 12.3. The van der Waals surface area contributed by atoms with E-state index in [4.69, 9.17) is 16.3 Å². The zero-order chi connectivity index (χ0) is 19.2. The largest absolute Gasteiger partial charge is 0.481 e. The minimum Gasteiger partial charge on any atom is -0.481 e. The molecule has 1 aromatic heterocycles. The van der Waals surface area contributed by atoms with Crippen molar-refractivity contribution in [1.29, 1.82) is 0 Å². The standard InChI is InChI=1S/C21H26ClN3O2/c1-15-12-18(7-8-19(15)22)27-16(2)21(26)24-14-17-6-9-20(23-13-17)25-10-4-3-5-11-25/h6-9,12-13,16H,3-5,10-11,14H2,1-2H3,(H,24,26). The number of piperidine rings is 1. The van der Waals surface area contributed by atoms with E-state index in [0.717, 1.165) is 30.0 Å². The van der Waals surface area contributed by atoms with Gasteiger partial charge < -0.3 is 15.0 Å². The van der Waals surface area contributed by atoms with E-state index in [0.29, 0.717) is 17.3 Å². The third kappa shape index (κ3) is 5.36. The molecular formula is C21H26ClN3O2. The van der Waals surface area contributed by atoms with Gasteiger partial charge in [0, 0.05) is 30.9 Å². The minimum absolute atomic E-state index is 0.164. The van der Waals surface area contributed by atoms with Gasteiger partial charge in [-0.2, -0.15) is 0 Å². The second-order valence-electron chi connectivity index (χ2n) is 6.96. The molecule has 0 saturated carbocycles. The number of amides is 1.